The van der Waals surface area contributed by atoms with Crippen LogP contribution in [0, 0.1) is 6.92 Å². The van der Waals surface area contributed by atoms with Crippen molar-refractivity contribution in [1.29, 1.82) is 0 Å². The Morgan fingerprint density at radius 3 is 2.90 bits per heavy atom. The lowest BCUT2D eigenvalue weighted by Gasteiger charge is -2.04. The first-order chi connectivity index (χ1) is 9.61. The molecular formula is C15H14N2O3. The van der Waals surface area contributed by atoms with Crippen LogP contribution < -0.4 is 4.74 Å². The third-order valence-corrected chi connectivity index (χ3v) is 3.37. The molecule has 20 heavy (non-hydrogen) atoms. The summed E-state index contributed by atoms with van der Waals surface area (Å²) in [5.41, 5.74) is 2.52. The normalized spacial score (nSPS) is 11.1. The molecule has 0 atom stereocenters. The largest absolute Gasteiger partial charge is 0.494 e. The van der Waals surface area contributed by atoms with E-state index in [4.69, 9.17) is 4.74 Å². The zero-order valence-corrected chi connectivity index (χ0v) is 11.2. The fourth-order valence-electron chi connectivity index (χ4n) is 2.51. The summed E-state index contributed by atoms with van der Waals surface area (Å²) in [6, 6.07) is 5.75. The third kappa shape index (κ3) is 1.79. The number of rotatable bonds is 3. The predicted molar refractivity (Wildman–Crippen MR) is 76.5 cm³/mol. The molecule has 2 N–H and O–H groups in total. The first-order valence-electron chi connectivity index (χ1n) is 6.39. The lowest BCUT2D eigenvalue weighted by atomic mass is 10.1. The SMILES string of the molecule is CCOc1ccc2[nH]c3cnc(C(=O)O)c(C)c3c2c1. The molecule has 0 bridgehead atoms. The molecule has 2 heterocycles. The fourth-order valence-corrected chi connectivity index (χ4v) is 2.51. The second-order valence-corrected chi connectivity index (χ2v) is 4.59. The molecule has 2 aromatic heterocycles. The maximum absolute atomic E-state index is 11.2. The smallest absolute Gasteiger partial charge is 0.354 e. The number of aromatic amines is 1. The number of aryl methyl sites for hydroxylation is 1. The van der Waals surface area contributed by atoms with E-state index in [9.17, 15) is 9.90 Å². The zero-order valence-electron chi connectivity index (χ0n) is 11.2. The molecule has 1 aromatic carbocycles. The van der Waals surface area contributed by atoms with Gasteiger partial charge in [-0.2, -0.15) is 0 Å². The average Bonchev–Trinajstić information content (AvgIpc) is 2.77. The molecule has 102 valence electrons. The van der Waals surface area contributed by atoms with Gasteiger partial charge in [0.15, 0.2) is 5.69 Å². The van der Waals surface area contributed by atoms with Gasteiger partial charge >= 0.3 is 5.97 Å². The summed E-state index contributed by atoms with van der Waals surface area (Å²) in [6.45, 7) is 4.30. The van der Waals surface area contributed by atoms with Gasteiger partial charge < -0.3 is 14.8 Å². The summed E-state index contributed by atoms with van der Waals surface area (Å²) in [7, 11) is 0. The molecule has 0 saturated carbocycles. The highest BCUT2D eigenvalue weighted by atomic mass is 16.5. The number of pyridine rings is 1. The Kier molecular flexibility index (Phi) is 2.82. The van der Waals surface area contributed by atoms with Crippen molar-refractivity contribution >= 4 is 27.8 Å². The molecule has 0 saturated heterocycles. The second kappa shape index (κ2) is 4.52. The van der Waals surface area contributed by atoms with Crippen LogP contribution in [-0.2, 0) is 0 Å². The Morgan fingerprint density at radius 2 is 2.20 bits per heavy atom. The number of aromatic carboxylic acids is 1. The number of benzene rings is 1. The van der Waals surface area contributed by atoms with Crippen LogP contribution in [0.25, 0.3) is 21.8 Å². The molecule has 0 aliphatic carbocycles. The van der Waals surface area contributed by atoms with Crippen molar-refractivity contribution in [3.8, 4) is 5.75 Å². The summed E-state index contributed by atoms with van der Waals surface area (Å²) in [5, 5.41) is 11.0. The van der Waals surface area contributed by atoms with Crippen molar-refractivity contribution in [2.24, 2.45) is 0 Å². The lowest BCUT2D eigenvalue weighted by molar-refractivity contribution is 0.0690. The number of hydrogen-bond donors (Lipinski definition) is 2. The van der Waals surface area contributed by atoms with Gasteiger partial charge in [0.05, 0.1) is 18.3 Å². The van der Waals surface area contributed by atoms with Gasteiger partial charge in [0, 0.05) is 16.3 Å². The number of nitrogens with zero attached hydrogens (tertiary/aromatic N) is 1. The van der Waals surface area contributed by atoms with Gasteiger partial charge in [0.25, 0.3) is 0 Å². The standard InChI is InChI=1S/C15H14N2O3/c1-3-20-9-4-5-11-10(6-9)13-8(2)14(15(18)19)16-7-12(13)17-11/h4-7,17H,3H2,1-2H3,(H,18,19). The number of hydrogen-bond acceptors (Lipinski definition) is 3. The third-order valence-electron chi connectivity index (χ3n) is 3.37. The Hall–Kier alpha value is -2.56. The number of carboxylic acid groups (broad SMARTS) is 1. The van der Waals surface area contributed by atoms with E-state index in [1.807, 2.05) is 25.1 Å². The van der Waals surface area contributed by atoms with Crippen LogP contribution in [0.4, 0.5) is 0 Å². The average molecular weight is 270 g/mol. The molecule has 0 spiro atoms. The van der Waals surface area contributed by atoms with Crippen LogP contribution in [-0.4, -0.2) is 27.7 Å². The van der Waals surface area contributed by atoms with Gasteiger partial charge in [-0.3, -0.25) is 0 Å². The van der Waals surface area contributed by atoms with Gasteiger partial charge in [-0.25, -0.2) is 9.78 Å². The molecule has 3 rings (SSSR count). The highest BCUT2D eigenvalue weighted by molar-refractivity contribution is 6.11. The van der Waals surface area contributed by atoms with E-state index in [-0.39, 0.29) is 5.69 Å². The number of aromatic nitrogens is 2. The molecule has 0 aliphatic rings. The molecule has 0 radical (unpaired) electrons. The van der Waals surface area contributed by atoms with E-state index in [0.29, 0.717) is 12.2 Å². The van der Waals surface area contributed by atoms with Gasteiger partial charge in [0.2, 0.25) is 0 Å². The number of ether oxygens (including phenoxy) is 1. The van der Waals surface area contributed by atoms with Crippen LogP contribution in [0.2, 0.25) is 0 Å². The van der Waals surface area contributed by atoms with Gasteiger partial charge in [0.1, 0.15) is 5.75 Å². The van der Waals surface area contributed by atoms with E-state index in [1.165, 1.54) is 0 Å². The number of nitrogens with one attached hydrogen (secondary N) is 1. The quantitative estimate of drug-likeness (QED) is 0.766. The van der Waals surface area contributed by atoms with E-state index in [2.05, 4.69) is 9.97 Å². The van der Waals surface area contributed by atoms with Gasteiger partial charge in [-0.15, -0.1) is 0 Å². The molecule has 0 aliphatic heterocycles. The number of carboxylic acids is 1. The van der Waals surface area contributed by atoms with Crippen LogP contribution in [0.5, 0.6) is 5.75 Å². The van der Waals surface area contributed by atoms with Crippen molar-refractivity contribution in [1.82, 2.24) is 9.97 Å². The van der Waals surface area contributed by atoms with Gasteiger partial charge in [-0.1, -0.05) is 0 Å². The van der Waals surface area contributed by atoms with Crippen molar-refractivity contribution in [3.63, 3.8) is 0 Å². The molecular weight excluding hydrogens is 256 g/mol. The number of H-pyrrole nitrogens is 1. The Balaban J connectivity index is 2.36. The topological polar surface area (TPSA) is 75.2 Å². The van der Waals surface area contributed by atoms with Crippen LogP contribution in [0.1, 0.15) is 23.0 Å². The molecule has 0 fully saturated rings. The van der Waals surface area contributed by atoms with Crippen molar-refractivity contribution in [2.75, 3.05) is 6.61 Å². The summed E-state index contributed by atoms with van der Waals surface area (Å²) in [6.07, 6.45) is 1.56. The molecule has 5 heteroatoms. The first kappa shape index (κ1) is 12.5. The second-order valence-electron chi connectivity index (χ2n) is 4.59. The zero-order chi connectivity index (χ0) is 14.3. The van der Waals surface area contributed by atoms with Crippen molar-refractivity contribution in [2.45, 2.75) is 13.8 Å². The number of carbonyl (C=O) groups is 1. The summed E-state index contributed by atoms with van der Waals surface area (Å²) in [5.74, 6) is -0.242. The van der Waals surface area contributed by atoms with Crippen molar-refractivity contribution < 1.29 is 14.6 Å². The highest BCUT2D eigenvalue weighted by Gasteiger charge is 2.15. The fraction of sp³-hybridized carbons (Fsp3) is 0.200. The summed E-state index contributed by atoms with van der Waals surface area (Å²) < 4.78 is 5.50. The Labute approximate surface area is 115 Å². The van der Waals surface area contributed by atoms with E-state index in [0.717, 1.165) is 27.6 Å². The molecule has 3 aromatic rings. The van der Waals surface area contributed by atoms with Crippen molar-refractivity contribution in [3.05, 3.63) is 35.7 Å². The predicted octanol–water partition coefficient (Wildman–Crippen LogP) is 3.12. The minimum absolute atomic E-state index is 0.0835. The Morgan fingerprint density at radius 1 is 1.40 bits per heavy atom. The minimum Gasteiger partial charge on any atom is -0.494 e. The Bertz CT molecular complexity index is 821. The molecule has 0 amide bonds. The van der Waals surface area contributed by atoms with Crippen LogP contribution in [0.15, 0.2) is 24.4 Å². The van der Waals surface area contributed by atoms with Crippen LogP contribution >= 0.6 is 0 Å². The lowest BCUT2D eigenvalue weighted by Crippen LogP contribution is -2.03. The molecule has 5 nitrogen and oxygen atoms in total. The van der Waals surface area contributed by atoms with E-state index >= 15 is 0 Å². The van der Waals surface area contributed by atoms with Gasteiger partial charge in [-0.05, 0) is 37.6 Å². The summed E-state index contributed by atoms with van der Waals surface area (Å²) >= 11 is 0. The van der Waals surface area contributed by atoms with E-state index in [1.54, 1.807) is 13.1 Å². The maximum atomic E-state index is 11.2. The number of fused-ring (bicyclic) bond motifs is 3. The molecule has 0 unspecified atom stereocenters. The minimum atomic E-state index is -1.01. The van der Waals surface area contributed by atoms with Crippen LogP contribution in [0.3, 0.4) is 0 Å². The monoisotopic (exact) mass is 270 g/mol. The van der Waals surface area contributed by atoms with E-state index < -0.39 is 5.97 Å². The maximum Gasteiger partial charge on any atom is 0.354 e. The first-order valence-corrected chi connectivity index (χ1v) is 6.39. The highest BCUT2D eigenvalue weighted by Crippen LogP contribution is 2.31. The summed E-state index contributed by atoms with van der Waals surface area (Å²) in [4.78, 5) is 18.4.